The van der Waals surface area contributed by atoms with Gasteiger partial charge in [0.05, 0.1) is 0 Å². The van der Waals surface area contributed by atoms with Crippen molar-refractivity contribution in [2.45, 2.75) is 37.8 Å². The van der Waals surface area contributed by atoms with Crippen LogP contribution in [0.15, 0.2) is 72.8 Å². The van der Waals surface area contributed by atoms with Gasteiger partial charge in [-0.3, -0.25) is 9.80 Å². The molecule has 154 valence electrons. The van der Waals surface area contributed by atoms with Crippen LogP contribution in [0, 0.1) is 0 Å². The van der Waals surface area contributed by atoms with Crippen molar-refractivity contribution in [1.82, 2.24) is 9.80 Å². The number of benzene rings is 3. The summed E-state index contributed by atoms with van der Waals surface area (Å²) < 4.78 is 0. The molecule has 3 aromatic rings. The minimum Gasteiger partial charge on any atom is -0.299 e. The molecular formula is C28H32N2. The molecule has 0 N–H and O–H groups in total. The Bertz CT molecular complexity index is 942. The molecule has 3 aromatic carbocycles. The molecule has 0 saturated heterocycles. The average Bonchev–Trinajstić information content (AvgIpc) is 2.78. The zero-order valence-corrected chi connectivity index (χ0v) is 18.2. The van der Waals surface area contributed by atoms with Crippen LogP contribution in [-0.2, 0) is 25.7 Å². The number of likely N-dealkylation sites (N-methyl/N-ethyl adjacent to an activating group) is 2. The zero-order valence-electron chi connectivity index (χ0n) is 18.2. The van der Waals surface area contributed by atoms with Gasteiger partial charge in [-0.05, 0) is 73.2 Å². The molecule has 2 aliphatic rings. The van der Waals surface area contributed by atoms with Crippen LogP contribution < -0.4 is 0 Å². The molecule has 0 fully saturated rings. The molecule has 5 rings (SSSR count). The maximum Gasteiger partial charge on any atom is 0.0388 e. The van der Waals surface area contributed by atoms with Gasteiger partial charge in [-0.15, -0.1) is 0 Å². The van der Waals surface area contributed by atoms with E-state index in [9.17, 15) is 0 Å². The van der Waals surface area contributed by atoms with Gasteiger partial charge < -0.3 is 0 Å². The lowest BCUT2D eigenvalue weighted by Gasteiger charge is -2.37. The summed E-state index contributed by atoms with van der Waals surface area (Å²) in [6.07, 6.45) is 4.49. The Labute approximate surface area is 181 Å². The Hall–Kier alpha value is -2.42. The molecule has 0 aliphatic carbocycles. The molecule has 2 heterocycles. The third-order valence-corrected chi connectivity index (χ3v) is 7.30. The van der Waals surface area contributed by atoms with E-state index in [1.165, 1.54) is 33.4 Å². The summed E-state index contributed by atoms with van der Waals surface area (Å²) in [6, 6.07) is 28.1. The van der Waals surface area contributed by atoms with Gasteiger partial charge in [0.2, 0.25) is 0 Å². The number of rotatable bonds is 4. The van der Waals surface area contributed by atoms with Gasteiger partial charge in [0.1, 0.15) is 0 Å². The third-order valence-electron chi connectivity index (χ3n) is 7.30. The number of nitrogens with zero attached hydrogens (tertiary/aromatic N) is 2. The van der Waals surface area contributed by atoms with Gasteiger partial charge >= 0.3 is 0 Å². The Kier molecular flexibility index (Phi) is 5.45. The molecule has 30 heavy (non-hydrogen) atoms. The van der Waals surface area contributed by atoms with Crippen LogP contribution in [-0.4, -0.2) is 37.0 Å². The molecule has 0 radical (unpaired) electrons. The first-order chi connectivity index (χ1) is 14.7. The average molecular weight is 397 g/mol. The summed E-state index contributed by atoms with van der Waals surface area (Å²) in [7, 11) is 4.57. The minimum absolute atomic E-state index is 0.465. The van der Waals surface area contributed by atoms with Crippen LogP contribution >= 0.6 is 0 Å². The van der Waals surface area contributed by atoms with Gasteiger partial charge in [0.15, 0.2) is 0 Å². The third kappa shape index (κ3) is 3.71. The van der Waals surface area contributed by atoms with E-state index in [-0.39, 0.29) is 0 Å². The SMILES string of the molecule is CN1CCc2ccccc2C1Cc1ccccc1CC1c2ccccc2CCN1C. The van der Waals surface area contributed by atoms with Crippen LogP contribution in [0.25, 0.3) is 0 Å². The van der Waals surface area contributed by atoms with Crippen LogP contribution in [0.3, 0.4) is 0 Å². The Morgan fingerprint density at radius 3 is 1.47 bits per heavy atom. The fraction of sp³-hybridized carbons (Fsp3) is 0.357. The highest BCUT2D eigenvalue weighted by Crippen LogP contribution is 2.35. The predicted octanol–water partition coefficient (Wildman–Crippen LogP) is 5.23. The molecular weight excluding hydrogens is 364 g/mol. The molecule has 2 atom stereocenters. The van der Waals surface area contributed by atoms with E-state index in [1.807, 2.05) is 0 Å². The lowest BCUT2D eigenvalue weighted by molar-refractivity contribution is 0.223. The highest BCUT2D eigenvalue weighted by atomic mass is 15.1. The molecule has 0 aromatic heterocycles. The standard InChI is InChI=1S/C28H32N2/c1-29-17-15-21-9-5-7-13-25(21)27(29)19-23-11-3-4-12-24(23)20-28-26-14-8-6-10-22(26)16-18-30(28)2/h3-14,27-28H,15-20H2,1-2H3. The Balaban J connectivity index is 1.45. The van der Waals surface area contributed by atoms with Crippen molar-refractivity contribution in [3.05, 3.63) is 106 Å². The van der Waals surface area contributed by atoms with Crippen LogP contribution in [0.1, 0.15) is 45.5 Å². The summed E-state index contributed by atoms with van der Waals surface area (Å²) >= 11 is 0. The van der Waals surface area contributed by atoms with Crippen molar-refractivity contribution in [2.24, 2.45) is 0 Å². The maximum atomic E-state index is 2.54. The molecule has 0 spiro atoms. The first-order valence-electron chi connectivity index (χ1n) is 11.3. The van der Waals surface area contributed by atoms with Crippen molar-refractivity contribution < 1.29 is 0 Å². The Morgan fingerprint density at radius 1 is 0.600 bits per heavy atom. The van der Waals surface area contributed by atoms with Gasteiger partial charge in [-0.2, -0.15) is 0 Å². The van der Waals surface area contributed by atoms with E-state index in [0.717, 1.165) is 38.8 Å². The molecule has 2 heteroatoms. The van der Waals surface area contributed by atoms with Gasteiger partial charge in [-0.25, -0.2) is 0 Å². The summed E-state index contributed by atoms with van der Waals surface area (Å²) in [5.74, 6) is 0. The lowest BCUT2D eigenvalue weighted by atomic mass is 9.85. The molecule has 2 nitrogen and oxygen atoms in total. The van der Waals surface area contributed by atoms with Crippen molar-refractivity contribution in [3.63, 3.8) is 0 Å². The highest BCUT2D eigenvalue weighted by molar-refractivity contribution is 5.38. The molecule has 2 aliphatic heterocycles. The fourth-order valence-corrected chi connectivity index (χ4v) is 5.46. The van der Waals surface area contributed by atoms with Gasteiger partial charge in [-0.1, -0.05) is 72.8 Å². The molecule has 0 saturated carbocycles. The smallest absolute Gasteiger partial charge is 0.0388 e. The van der Waals surface area contributed by atoms with E-state index in [0.29, 0.717) is 12.1 Å². The summed E-state index contributed by atoms with van der Waals surface area (Å²) in [5, 5.41) is 0. The number of hydrogen-bond donors (Lipinski definition) is 0. The second kappa shape index (κ2) is 8.37. The number of fused-ring (bicyclic) bond motifs is 2. The highest BCUT2D eigenvalue weighted by Gasteiger charge is 2.28. The number of hydrogen-bond acceptors (Lipinski definition) is 2. The first-order valence-corrected chi connectivity index (χ1v) is 11.3. The second-order valence-electron chi connectivity index (χ2n) is 9.07. The predicted molar refractivity (Wildman–Crippen MR) is 125 cm³/mol. The van der Waals surface area contributed by atoms with Crippen molar-refractivity contribution in [1.29, 1.82) is 0 Å². The van der Waals surface area contributed by atoms with Crippen LogP contribution in [0.4, 0.5) is 0 Å². The van der Waals surface area contributed by atoms with E-state index < -0.39 is 0 Å². The normalized spacial score (nSPS) is 21.8. The van der Waals surface area contributed by atoms with E-state index >= 15 is 0 Å². The molecule has 0 bridgehead atoms. The van der Waals surface area contributed by atoms with Crippen molar-refractivity contribution in [2.75, 3.05) is 27.2 Å². The van der Waals surface area contributed by atoms with Crippen LogP contribution in [0.5, 0.6) is 0 Å². The van der Waals surface area contributed by atoms with Crippen molar-refractivity contribution >= 4 is 0 Å². The molecule has 0 amide bonds. The van der Waals surface area contributed by atoms with E-state index in [1.54, 1.807) is 0 Å². The van der Waals surface area contributed by atoms with Crippen LogP contribution in [0.2, 0.25) is 0 Å². The first kappa shape index (κ1) is 19.5. The summed E-state index contributed by atoms with van der Waals surface area (Å²) in [6.45, 7) is 2.28. The minimum atomic E-state index is 0.465. The fourth-order valence-electron chi connectivity index (χ4n) is 5.46. The van der Waals surface area contributed by atoms with Crippen molar-refractivity contribution in [3.8, 4) is 0 Å². The molecule has 2 unspecified atom stereocenters. The largest absolute Gasteiger partial charge is 0.299 e. The monoisotopic (exact) mass is 396 g/mol. The maximum absolute atomic E-state index is 2.54. The zero-order chi connectivity index (χ0) is 20.5. The second-order valence-corrected chi connectivity index (χ2v) is 9.07. The summed E-state index contributed by atoms with van der Waals surface area (Å²) in [4.78, 5) is 5.09. The Morgan fingerprint density at radius 2 is 1.00 bits per heavy atom. The van der Waals surface area contributed by atoms with E-state index in [4.69, 9.17) is 0 Å². The topological polar surface area (TPSA) is 6.48 Å². The van der Waals surface area contributed by atoms with Gasteiger partial charge in [0, 0.05) is 25.2 Å². The quantitative estimate of drug-likeness (QED) is 0.596. The lowest BCUT2D eigenvalue weighted by Crippen LogP contribution is -2.34. The summed E-state index contributed by atoms with van der Waals surface area (Å²) in [5.41, 5.74) is 9.09. The van der Waals surface area contributed by atoms with Gasteiger partial charge in [0.25, 0.3) is 0 Å². The van der Waals surface area contributed by atoms with E-state index in [2.05, 4.69) is 96.7 Å².